The molecule has 1 unspecified atom stereocenters. The van der Waals surface area contributed by atoms with Crippen LogP contribution in [-0.4, -0.2) is 16.4 Å². The Bertz CT molecular complexity index is 231. The highest BCUT2D eigenvalue weighted by Gasteiger charge is 2.27. The molecule has 3 N–H and O–H groups in total. The Morgan fingerprint density at radius 1 is 1.36 bits per heavy atom. The molecule has 0 aromatic carbocycles. The molecule has 3 nitrogen and oxygen atoms in total. The molecule has 0 spiro atoms. The molecule has 0 bridgehead atoms. The van der Waals surface area contributed by atoms with Gasteiger partial charge in [-0.3, -0.25) is 4.79 Å². The zero-order chi connectivity index (χ0) is 11.5. The second kappa shape index (κ2) is 4.73. The highest BCUT2D eigenvalue weighted by molar-refractivity contribution is 7.80. The van der Waals surface area contributed by atoms with Gasteiger partial charge in [-0.05, 0) is 26.7 Å². The normalized spacial score (nSPS) is 13.9. The van der Waals surface area contributed by atoms with Gasteiger partial charge in [-0.15, -0.1) is 0 Å². The van der Waals surface area contributed by atoms with Crippen molar-refractivity contribution in [2.24, 2.45) is 17.6 Å². The third-order valence-corrected chi connectivity index (χ3v) is 2.01. The third-order valence-electron chi connectivity index (χ3n) is 1.75. The molecule has 4 heteroatoms. The smallest absolute Gasteiger partial charge is 0.230 e. The monoisotopic (exact) mass is 216 g/mol. The molecule has 1 amide bonds. The summed E-state index contributed by atoms with van der Waals surface area (Å²) in [6.07, 6.45) is 0. The maximum absolute atomic E-state index is 11.8. The van der Waals surface area contributed by atoms with Crippen LogP contribution < -0.4 is 11.1 Å². The first-order chi connectivity index (χ1) is 6.15. The van der Waals surface area contributed by atoms with Crippen molar-refractivity contribution in [3.8, 4) is 0 Å². The molecular formula is C10H20N2OS. The van der Waals surface area contributed by atoms with Crippen molar-refractivity contribution in [2.45, 2.75) is 40.2 Å². The zero-order valence-corrected chi connectivity index (χ0v) is 10.4. The van der Waals surface area contributed by atoms with Crippen molar-refractivity contribution in [1.82, 2.24) is 5.32 Å². The SMILES string of the molecule is CC(C)C(C(=O)NC(C)(C)C)C(N)=S. The maximum Gasteiger partial charge on any atom is 0.230 e. The van der Waals surface area contributed by atoms with Crippen molar-refractivity contribution >= 4 is 23.1 Å². The number of nitrogens with two attached hydrogens (primary N) is 1. The quantitative estimate of drug-likeness (QED) is 0.702. The van der Waals surface area contributed by atoms with Gasteiger partial charge in [0.1, 0.15) is 0 Å². The predicted octanol–water partition coefficient (Wildman–Crippen LogP) is 1.46. The minimum Gasteiger partial charge on any atom is -0.393 e. The van der Waals surface area contributed by atoms with E-state index in [9.17, 15) is 4.79 Å². The topological polar surface area (TPSA) is 55.1 Å². The number of hydrogen-bond donors (Lipinski definition) is 2. The maximum atomic E-state index is 11.8. The molecule has 0 aliphatic carbocycles. The fraction of sp³-hybridized carbons (Fsp3) is 0.800. The Morgan fingerprint density at radius 2 is 1.79 bits per heavy atom. The third kappa shape index (κ3) is 4.56. The van der Waals surface area contributed by atoms with Gasteiger partial charge in [-0.2, -0.15) is 0 Å². The van der Waals surface area contributed by atoms with Gasteiger partial charge in [0.15, 0.2) is 0 Å². The summed E-state index contributed by atoms with van der Waals surface area (Å²) >= 11 is 4.88. The Kier molecular flexibility index (Phi) is 4.52. The van der Waals surface area contributed by atoms with Crippen LogP contribution in [0.4, 0.5) is 0 Å². The number of hydrogen-bond acceptors (Lipinski definition) is 2. The van der Waals surface area contributed by atoms with E-state index in [0.717, 1.165) is 0 Å². The second-order valence-electron chi connectivity index (χ2n) is 4.86. The van der Waals surface area contributed by atoms with Crippen molar-refractivity contribution in [2.75, 3.05) is 0 Å². The molecule has 0 heterocycles. The van der Waals surface area contributed by atoms with Gasteiger partial charge in [0.05, 0.1) is 10.9 Å². The summed E-state index contributed by atoms with van der Waals surface area (Å²) < 4.78 is 0. The summed E-state index contributed by atoms with van der Waals surface area (Å²) in [6.45, 7) is 9.67. The number of amides is 1. The predicted molar refractivity (Wildman–Crippen MR) is 63.0 cm³/mol. The molecule has 0 aliphatic heterocycles. The van der Waals surface area contributed by atoms with E-state index in [4.69, 9.17) is 18.0 Å². The molecule has 0 aromatic heterocycles. The van der Waals surface area contributed by atoms with E-state index in [1.807, 2.05) is 34.6 Å². The van der Waals surface area contributed by atoms with Crippen LogP contribution in [0, 0.1) is 11.8 Å². The van der Waals surface area contributed by atoms with Crippen LogP contribution in [0.15, 0.2) is 0 Å². The summed E-state index contributed by atoms with van der Waals surface area (Å²) in [7, 11) is 0. The summed E-state index contributed by atoms with van der Waals surface area (Å²) in [4.78, 5) is 12.0. The van der Waals surface area contributed by atoms with E-state index in [2.05, 4.69) is 5.32 Å². The molecule has 1 atom stereocenters. The average Bonchev–Trinajstić information content (AvgIpc) is 1.78. The van der Waals surface area contributed by atoms with E-state index < -0.39 is 0 Å². The van der Waals surface area contributed by atoms with Crippen molar-refractivity contribution in [1.29, 1.82) is 0 Å². The lowest BCUT2D eigenvalue weighted by atomic mass is 9.93. The van der Waals surface area contributed by atoms with Gasteiger partial charge in [0.25, 0.3) is 0 Å². The lowest BCUT2D eigenvalue weighted by molar-refractivity contribution is -0.125. The van der Waals surface area contributed by atoms with Crippen LogP contribution in [-0.2, 0) is 4.79 Å². The highest BCUT2D eigenvalue weighted by atomic mass is 32.1. The number of carbonyl (C=O) groups is 1. The fourth-order valence-electron chi connectivity index (χ4n) is 1.21. The van der Waals surface area contributed by atoms with Crippen LogP contribution in [0.25, 0.3) is 0 Å². The Morgan fingerprint density at radius 3 is 2.00 bits per heavy atom. The average molecular weight is 216 g/mol. The van der Waals surface area contributed by atoms with Crippen molar-refractivity contribution in [3.05, 3.63) is 0 Å². The summed E-state index contributed by atoms with van der Waals surface area (Å²) in [5.41, 5.74) is 5.29. The second-order valence-corrected chi connectivity index (χ2v) is 5.33. The Labute approximate surface area is 91.4 Å². The number of thiocarbonyl (C=S) groups is 1. The van der Waals surface area contributed by atoms with Crippen LogP contribution in [0.2, 0.25) is 0 Å². The van der Waals surface area contributed by atoms with Crippen molar-refractivity contribution in [3.63, 3.8) is 0 Å². The first kappa shape index (κ1) is 13.4. The summed E-state index contributed by atoms with van der Waals surface area (Å²) in [5.74, 6) is -0.320. The summed E-state index contributed by atoms with van der Waals surface area (Å²) in [5, 5.41) is 2.88. The molecule has 0 aliphatic rings. The molecule has 0 rings (SSSR count). The van der Waals surface area contributed by atoms with Gasteiger partial charge in [-0.1, -0.05) is 26.1 Å². The van der Waals surface area contributed by atoms with E-state index in [1.165, 1.54) is 0 Å². The van der Waals surface area contributed by atoms with Crippen LogP contribution in [0.5, 0.6) is 0 Å². The summed E-state index contributed by atoms with van der Waals surface area (Å²) in [6, 6.07) is 0. The van der Waals surface area contributed by atoms with Gasteiger partial charge >= 0.3 is 0 Å². The Hall–Kier alpha value is -0.640. The van der Waals surface area contributed by atoms with Crippen LogP contribution >= 0.6 is 12.2 Å². The lowest BCUT2D eigenvalue weighted by Gasteiger charge is -2.26. The molecule has 82 valence electrons. The number of nitrogens with one attached hydrogen (secondary N) is 1. The fourth-order valence-corrected chi connectivity index (χ4v) is 1.59. The number of rotatable bonds is 3. The molecule has 0 saturated heterocycles. The van der Waals surface area contributed by atoms with Gasteiger partial charge in [-0.25, -0.2) is 0 Å². The minimum atomic E-state index is -0.371. The van der Waals surface area contributed by atoms with Crippen molar-refractivity contribution < 1.29 is 4.79 Å². The Balaban J connectivity index is 4.55. The van der Waals surface area contributed by atoms with Crippen LogP contribution in [0.1, 0.15) is 34.6 Å². The standard InChI is InChI=1S/C10H20N2OS/c1-6(2)7(8(11)14)9(13)12-10(3,4)5/h6-7H,1-5H3,(H2,11,14)(H,12,13). The number of carbonyl (C=O) groups excluding carboxylic acids is 1. The van der Waals surface area contributed by atoms with E-state index in [1.54, 1.807) is 0 Å². The highest BCUT2D eigenvalue weighted by Crippen LogP contribution is 2.13. The lowest BCUT2D eigenvalue weighted by Crippen LogP contribution is -2.48. The van der Waals surface area contributed by atoms with E-state index in [-0.39, 0.29) is 28.3 Å². The van der Waals surface area contributed by atoms with Gasteiger partial charge in [0, 0.05) is 5.54 Å². The minimum absolute atomic E-state index is 0.0833. The largest absolute Gasteiger partial charge is 0.393 e. The molecule has 0 radical (unpaired) electrons. The molecule has 0 saturated carbocycles. The molecule has 0 fully saturated rings. The van der Waals surface area contributed by atoms with Gasteiger partial charge < -0.3 is 11.1 Å². The van der Waals surface area contributed by atoms with Gasteiger partial charge in [0.2, 0.25) is 5.91 Å². The molecular weight excluding hydrogens is 196 g/mol. The first-order valence-corrected chi connectivity index (χ1v) is 5.17. The van der Waals surface area contributed by atoms with E-state index in [0.29, 0.717) is 0 Å². The first-order valence-electron chi connectivity index (χ1n) is 4.76. The van der Waals surface area contributed by atoms with E-state index >= 15 is 0 Å². The van der Waals surface area contributed by atoms with Crippen LogP contribution in [0.3, 0.4) is 0 Å². The zero-order valence-electron chi connectivity index (χ0n) is 9.55. The molecule has 14 heavy (non-hydrogen) atoms. The molecule has 0 aromatic rings.